The normalized spacial score (nSPS) is 17.5. The fourth-order valence-corrected chi connectivity index (χ4v) is 3.47. The van der Waals surface area contributed by atoms with E-state index in [0.717, 1.165) is 6.07 Å². The van der Waals surface area contributed by atoms with Crippen LogP contribution in [0, 0.1) is 0 Å². The maximum absolute atomic E-state index is 13.2. The second kappa shape index (κ2) is 7.08. The minimum Gasteiger partial charge on any atom is -0.444 e. The predicted octanol–water partition coefficient (Wildman–Crippen LogP) is 4.63. The highest BCUT2D eigenvalue weighted by Crippen LogP contribution is 2.34. The van der Waals surface area contributed by atoms with Crippen LogP contribution < -0.4 is 0 Å². The third-order valence-corrected chi connectivity index (χ3v) is 4.92. The van der Waals surface area contributed by atoms with Crippen LogP contribution in [0.2, 0.25) is 0 Å². The van der Waals surface area contributed by atoms with E-state index in [0.29, 0.717) is 16.3 Å². The average Bonchev–Trinajstić information content (AvgIpc) is 3.35. The zero-order valence-electron chi connectivity index (χ0n) is 14.2. The first-order valence-corrected chi connectivity index (χ1v) is 9.13. The summed E-state index contributed by atoms with van der Waals surface area (Å²) in [4.78, 5) is 18.0. The fourth-order valence-electron chi connectivity index (χ4n) is 3.17. The number of aromatic nitrogens is 2. The Balaban J connectivity index is 1.50. The predicted molar refractivity (Wildman–Crippen MR) is 93.9 cm³/mol. The van der Waals surface area contributed by atoms with Gasteiger partial charge in [-0.15, -0.1) is 0 Å². The van der Waals surface area contributed by atoms with Crippen molar-refractivity contribution in [1.29, 1.82) is 0 Å². The number of hydrogen-bond donors (Lipinski definition) is 0. The lowest BCUT2D eigenvalue weighted by molar-refractivity contribution is -0.139. The Morgan fingerprint density at radius 3 is 2.71 bits per heavy atom. The first-order valence-electron chi connectivity index (χ1n) is 8.33. The van der Waals surface area contributed by atoms with Crippen LogP contribution in [-0.4, -0.2) is 27.5 Å². The van der Waals surface area contributed by atoms with Crippen molar-refractivity contribution in [2.45, 2.75) is 25.1 Å². The van der Waals surface area contributed by atoms with E-state index in [1.54, 1.807) is 12.1 Å². The van der Waals surface area contributed by atoms with E-state index < -0.39 is 11.7 Å². The lowest BCUT2D eigenvalue weighted by Crippen LogP contribution is -2.26. The molecule has 0 saturated carbocycles. The lowest BCUT2D eigenvalue weighted by Gasteiger charge is -2.19. The van der Waals surface area contributed by atoms with Crippen LogP contribution in [0.15, 0.2) is 50.0 Å². The highest BCUT2D eigenvalue weighted by molar-refractivity contribution is 9.10. The molecule has 1 aliphatic heterocycles. The molecule has 0 N–H and O–H groups in total. The fraction of sp³-hybridized carbons (Fsp3) is 0.278. The first-order chi connectivity index (χ1) is 13.3. The average molecular weight is 456 g/mol. The largest absolute Gasteiger partial charge is 0.444 e. The molecular formula is C18H13BrF3N3O3. The highest BCUT2D eigenvalue weighted by Gasteiger charge is 2.37. The molecule has 1 atom stereocenters. The van der Waals surface area contributed by atoms with Gasteiger partial charge in [0.05, 0.1) is 5.56 Å². The molecule has 1 amide bonds. The molecule has 0 radical (unpaired) electrons. The molecule has 0 bridgehead atoms. The van der Waals surface area contributed by atoms with Crippen molar-refractivity contribution in [2.24, 2.45) is 0 Å². The van der Waals surface area contributed by atoms with Gasteiger partial charge in [0.1, 0.15) is 0 Å². The number of rotatable bonds is 4. The summed E-state index contributed by atoms with van der Waals surface area (Å²) in [7, 11) is 0. The van der Waals surface area contributed by atoms with Gasteiger partial charge >= 0.3 is 6.18 Å². The molecule has 6 nitrogen and oxygen atoms in total. The van der Waals surface area contributed by atoms with Crippen molar-refractivity contribution in [1.82, 2.24) is 15.0 Å². The van der Waals surface area contributed by atoms with Gasteiger partial charge in [-0.2, -0.15) is 18.2 Å². The molecule has 1 saturated heterocycles. The molecule has 0 spiro atoms. The third-order valence-electron chi connectivity index (χ3n) is 4.49. The van der Waals surface area contributed by atoms with Crippen LogP contribution in [-0.2, 0) is 17.5 Å². The van der Waals surface area contributed by atoms with Crippen molar-refractivity contribution in [3.63, 3.8) is 0 Å². The lowest BCUT2D eigenvalue weighted by atomic mass is 10.1. The van der Waals surface area contributed by atoms with Crippen LogP contribution in [0.5, 0.6) is 0 Å². The van der Waals surface area contributed by atoms with Crippen LogP contribution in [0.1, 0.15) is 29.3 Å². The first kappa shape index (κ1) is 18.7. The standard InChI is InChI=1S/C18H13BrF3N3O3/c19-14-6-5-13(27-14)17-23-16(24-28-17)11-7-15(26)25(9-11)8-10-3-1-2-4-12(10)18(20,21)22/h1-6,11H,7-9H2. The van der Waals surface area contributed by atoms with Crippen molar-refractivity contribution in [3.8, 4) is 11.7 Å². The van der Waals surface area contributed by atoms with Gasteiger partial charge in [-0.05, 0) is 39.7 Å². The van der Waals surface area contributed by atoms with E-state index in [9.17, 15) is 18.0 Å². The van der Waals surface area contributed by atoms with Crippen LogP contribution in [0.4, 0.5) is 13.2 Å². The SMILES string of the molecule is O=C1CC(c2noc(-c3ccc(Br)o3)n2)CN1Cc1ccccc1C(F)(F)F. The number of amides is 1. The summed E-state index contributed by atoms with van der Waals surface area (Å²) in [6.45, 7) is 0.0900. The Morgan fingerprint density at radius 2 is 2.00 bits per heavy atom. The van der Waals surface area contributed by atoms with Crippen molar-refractivity contribution in [3.05, 3.63) is 58.0 Å². The number of halogens is 4. The van der Waals surface area contributed by atoms with Gasteiger partial charge in [-0.25, -0.2) is 0 Å². The van der Waals surface area contributed by atoms with Gasteiger partial charge < -0.3 is 13.8 Å². The van der Waals surface area contributed by atoms with E-state index in [2.05, 4.69) is 26.1 Å². The highest BCUT2D eigenvalue weighted by atomic mass is 79.9. The van der Waals surface area contributed by atoms with Gasteiger partial charge in [0.2, 0.25) is 5.91 Å². The Labute approximate surface area is 165 Å². The Kier molecular flexibility index (Phi) is 4.74. The third kappa shape index (κ3) is 3.68. The summed E-state index contributed by atoms with van der Waals surface area (Å²) in [5, 5.41) is 3.90. The number of carbonyl (C=O) groups excluding carboxylic acids is 1. The quantitative estimate of drug-likeness (QED) is 0.573. The topological polar surface area (TPSA) is 72.4 Å². The molecule has 4 rings (SSSR count). The van der Waals surface area contributed by atoms with Gasteiger partial charge in [0.25, 0.3) is 5.89 Å². The number of nitrogens with zero attached hydrogens (tertiary/aromatic N) is 3. The number of furan rings is 1. The van der Waals surface area contributed by atoms with Gasteiger partial charge in [0, 0.05) is 25.4 Å². The molecule has 3 heterocycles. The van der Waals surface area contributed by atoms with Crippen molar-refractivity contribution in [2.75, 3.05) is 6.54 Å². The summed E-state index contributed by atoms with van der Waals surface area (Å²) in [5.74, 6) is 0.262. The van der Waals surface area contributed by atoms with Crippen LogP contribution in [0.25, 0.3) is 11.7 Å². The van der Waals surface area contributed by atoms with E-state index in [-0.39, 0.29) is 42.8 Å². The smallest absolute Gasteiger partial charge is 0.416 e. The number of likely N-dealkylation sites (tertiary alicyclic amines) is 1. The number of carbonyl (C=O) groups is 1. The van der Waals surface area contributed by atoms with E-state index >= 15 is 0 Å². The van der Waals surface area contributed by atoms with Gasteiger partial charge in [-0.3, -0.25) is 4.79 Å². The maximum Gasteiger partial charge on any atom is 0.416 e. The molecule has 0 aliphatic carbocycles. The number of alkyl halides is 3. The summed E-state index contributed by atoms with van der Waals surface area (Å²) in [6, 6.07) is 8.58. The molecule has 1 aliphatic rings. The Morgan fingerprint density at radius 1 is 1.21 bits per heavy atom. The monoisotopic (exact) mass is 455 g/mol. The Bertz CT molecular complexity index is 1010. The number of hydrogen-bond acceptors (Lipinski definition) is 5. The summed E-state index contributed by atoms with van der Waals surface area (Å²) in [5.41, 5.74) is -0.685. The second-order valence-corrected chi connectivity index (χ2v) is 7.17. The zero-order chi connectivity index (χ0) is 19.9. The van der Waals surface area contributed by atoms with Gasteiger partial charge in [-0.1, -0.05) is 23.4 Å². The van der Waals surface area contributed by atoms with Crippen LogP contribution in [0.3, 0.4) is 0 Å². The summed E-state index contributed by atoms with van der Waals surface area (Å²) in [6.07, 6.45) is -4.37. The Hall–Kier alpha value is -2.62. The molecule has 2 aromatic heterocycles. The molecule has 1 unspecified atom stereocenters. The molecular weight excluding hydrogens is 443 g/mol. The van der Waals surface area contributed by atoms with Crippen LogP contribution >= 0.6 is 15.9 Å². The second-order valence-electron chi connectivity index (χ2n) is 6.39. The molecule has 1 fully saturated rings. The molecule has 10 heteroatoms. The number of benzene rings is 1. The molecule has 146 valence electrons. The van der Waals surface area contributed by atoms with Crippen molar-refractivity contribution < 1.29 is 26.9 Å². The van der Waals surface area contributed by atoms with Gasteiger partial charge in [0.15, 0.2) is 16.3 Å². The molecule has 28 heavy (non-hydrogen) atoms. The van der Waals surface area contributed by atoms with E-state index in [1.165, 1.54) is 23.1 Å². The summed E-state index contributed by atoms with van der Waals surface area (Å²) < 4.78 is 50.6. The molecule has 3 aromatic rings. The maximum atomic E-state index is 13.2. The summed E-state index contributed by atoms with van der Waals surface area (Å²) >= 11 is 3.18. The minimum absolute atomic E-state index is 0.0539. The van der Waals surface area contributed by atoms with Crippen molar-refractivity contribution >= 4 is 21.8 Å². The zero-order valence-corrected chi connectivity index (χ0v) is 15.8. The minimum atomic E-state index is -4.47. The van der Waals surface area contributed by atoms with E-state index in [1.807, 2.05) is 0 Å². The van der Waals surface area contributed by atoms with E-state index in [4.69, 9.17) is 8.94 Å². The molecule has 1 aromatic carbocycles.